The molecule has 0 saturated carbocycles. The van der Waals surface area contributed by atoms with E-state index in [-0.39, 0.29) is 17.8 Å². The molecule has 2 aliphatic rings. The predicted molar refractivity (Wildman–Crippen MR) is 115 cm³/mol. The summed E-state index contributed by atoms with van der Waals surface area (Å²) in [5, 5.41) is 12.6. The smallest absolute Gasteiger partial charge is 0.272 e. The molecule has 3 aromatic rings. The minimum Gasteiger partial charge on any atom is -0.497 e. The molecule has 0 unspecified atom stereocenters. The molecular weight excluding hydrogens is 428 g/mol. The summed E-state index contributed by atoms with van der Waals surface area (Å²) in [7, 11) is 5.18. The van der Waals surface area contributed by atoms with Crippen LogP contribution in [0, 0.1) is 0 Å². The average Bonchev–Trinajstić information content (AvgIpc) is 3.46. The average molecular weight is 453 g/mol. The van der Waals surface area contributed by atoms with E-state index < -0.39 is 11.9 Å². The van der Waals surface area contributed by atoms with E-state index in [0.29, 0.717) is 36.0 Å². The molecule has 0 spiro atoms. The van der Waals surface area contributed by atoms with E-state index in [0.717, 1.165) is 22.6 Å². The Hall–Kier alpha value is -3.86. The quantitative estimate of drug-likeness (QED) is 0.548. The van der Waals surface area contributed by atoms with Crippen LogP contribution in [-0.2, 0) is 11.2 Å². The molecular formula is C22H25N6O5+. The van der Waals surface area contributed by atoms with E-state index in [1.165, 1.54) is 0 Å². The van der Waals surface area contributed by atoms with Crippen molar-refractivity contribution in [2.24, 2.45) is 5.73 Å². The Morgan fingerprint density at radius 1 is 1.24 bits per heavy atom. The van der Waals surface area contributed by atoms with Gasteiger partial charge in [-0.15, -0.1) is 5.10 Å². The van der Waals surface area contributed by atoms with Crippen LogP contribution in [0.4, 0.5) is 0 Å². The number of likely N-dealkylation sites (N-methyl/N-ethyl adjacent to an activating group) is 1. The van der Waals surface area contributed by atoms with Gasteiger partial charge in [0.25, 0.3) is 5.91 Å². The topological polar surface area (TPSA) is 124 Å². The van der Waals surface area contributed by atoms with Gasteiger partial charge in [-0.25, -0.2) is 0 Å². The number of benzene rings is 2. The van der Waals surface area contributed by atoms with Gasteiger partial charge in [-0.05, 0) is 46.3 Å². The zero-order valence-electron chi connectivity index (χ0n) is 18.6. The van der Waals surface area contributed by atoms with Crippen molar-refractivity contribution in [1.29, 1.82) is 0 Å². The molecule has 5 rings (SSSR count). The van der Waals surface area contributed by atoms with Gasteiger partial charge >= 0.3 is 0 Å². The van der Waals surface area contributed by atoms with Gasteiger partial charge in [0.1, 0.15) is 5.75 Å². The van der Waals surface area contributed by atoms with Crippen LogP contribution < -0.4 is 24.7 Å². The first kappa shape index (κ1) is 21.0. The highest BCUT2D eigenvalue weighted by molar-refractivity contribution is 5.75. The monoisotopic (exact) mass is 453 g/mol. The normalized spacial score (nSPS) is 20.9. The lowest BCUT2D eigenvalue weighted by Crippen LogP contribution is -2.56. The number of quaternary nitrogens is 1. The van der Waals surface area contributed by atoms with Gasteiger partial charge in [-0.2, -0.15) is 4.68 Å². The lowest BCUT2D eigenvalue weighted by Gasteiger charge is -2.44. The summed E-state index contributed by atoms with van der Waals surface area (Å²) in [6.07, 6.45) is 0.701. The summed E-state index contributed by atoms with van der Waals surface area (Å²) in [6, 6.07) is 8.96. The molecule has 0 fully saturated rings. The van der Waals surface area contributed by atoms with E-state index in [1.54, 1.807) is 18.9 Å². The number of ether oxygens (including phenoxy) is 4. The zero-order valence-corrected chi connectivity index (χ0v) is 18.6. The third kappa shape index (κ3) is 3.41. The second kappa shape index (κ2) is 7.93. The number of hydrogen-bond acceptors (Lipinski definition) is 8. The standard InChI is InChI=1S/C22H24N6O5/c1-28(11-17(23)29)9-8-13-10-16-20(33-12-32-16)21(31-3)18(13)19(28)22-24-25-26-27(22)14-4-6-15(30-2)7-5-14/h4-7,10,19H,8-9,11-12H2,1-3H3,(H-,23,29)/p+1/t19-,28-/m0/s1. The summed E-state index contributed by atoms with van der Waals surface area (Å²) in [6.45, 7) is 0.881. The second-order valence-corrected chi connectivity index (χ2v) is 8.34. The van der Waals surface area contributed by atoms with Crippen LogP contribution >= 0.6 is 0 Å². The Kier molecular flexibility index (Phi) is 5.05. The molecule has 0 bridgehead atoms. The van der Waals surface area contributed by atoms with Crippen molar-refractivity contribution in [2.75, 3.05) is 41.1 Å². The number of aromatic nitrogens is 4. The highest BCUT2D eigenvalue weighted by Crippen LogP contribution is 2.52. The number of carbonyl (C=O) groups excluding carboxylic acids is 1. The van der Waals surface area contributed by atoms with E-state index >= 15 is 0 Å². The van der Waals surface area contributed by atoms with E-state index in [2.05, 4.69) is 15.5 Å². The van der Waals surface area contributed by atoms with Gasteiger partial charge < -0.3 is 29.2 Å². The molecule has 2 atom stereocenters. The van der Waals surface area contributed by atoms with Gasteiger partial charge in [-0.1, -0.05) is 0 Å². The third-order valence-corrected chi connectivity index (χ3v) is 6.31. The van der Waals surface area contributed by atoms with Crippen molar-refractivity contribution < 1.29 is 28.2 Å². The molecule has 2 N–H and O–H groups in total. The van der Waals surface area contributed by atoms with E-state index in [1.807, 2.05) is 37.4 Å². The summed E-state index contributed by atoms with van der Waals surface area (Å²) < 4.78 is 24.4. The number of fused-ring (bicyclic) bond motifs is 2. The molecule has 33 heavy (non-hydrogen) atoms. The maximum absolute atomic E-state index is 12.1. The largest absolute Gasteiger partial charge is 0.497 e. The summed E-state index contributed by atoms with van der Waals surface area (Å²) in [5.74, 6) is 2.61. The number of primary amides is 1. The number of amides is 1. The molecule has 0 aliphatic carbocycles. The molecule has 2 aliphatic heterocycles. The van der Waals surface area contributed by atoms with Crippen LogP contribution in [0.15, 0.2) is 30.3 Å². The van der Waals surface area contributed by atoms with Gasteiger partial charge in [0, 0.05) is 6.42 Å². The molecule has 172 valence electrons. The van der Waals surface area contributed by atoms with Crippen LogP contribution in [0.5, 0.6) is 23.0 Å². The van der Waals surface area contributed by atoms with Gasteiger partial charge in [0.05, 0.1) is 39.1 Å². The minimum absolute atomic E-state index is 0.108. The number of carbonyl (C=O) groups is 1. The fourth-order valence-corrected chi connectivity index (χ4v) is 4.81. The Labute approximate surface area is 190 Å². The Morgan fingerprint density at radius 3 is 2.73 bits per heavy atom. The highest BCUT2D eigenvalue weighted by atomic mass is 16.7. The van der Waals surface area contributed by atoms with Crippen molar-refractivity contribution in [3.8, 4) is 28.7 Å². The van der Waals surface area contributed by atoms with Crippen molar-refractivity contribution >= 4 is 5.91 Å². The zero-order chi connectivity index (χ0) is 23.2. The maximum Gasteiger partial charge on any atom is 0.272 e. The molecule has 0 radical (unpaired) electrons. The molecule has 0 saturated heterocycles. The van der Waals surface area contributed by atoms with Crippen LogP contribution in [0.2, 0.25) is 0 Å². The van der Waals surface area contributed by atoms with Gasteiger partial charge in [0.2, 0.25) is 18.4 Å². The SMILES string of the molecule is COc1ccc(-n2nnnc2[C@@H]2c3c(cc4c(c3OC)OCO4)CC[N@@+]2(C)CC(N)=O)cc1. The lowest BCUT2D eigenvalue weighted by atomic mass is 9.88. The number of tetrazole rings is 1. The Bertz CT molecular complexity index is 1210. The maximum atomic E-state index is 12.1. The molecule has 2 aromatic carbocycles. The second-order valence-electron chi connectivity index (χ2n) is 8.34. The van der Waals surface area contributed by atoms with Crippen molar-refractivity contribution in [2.45, 2.75) is 12.5 Å². The van der Waals surface area contributed by atoms with Crippen LogP contribution in [0.25, 0.3) is 5.69 Å². The van der Waals surface area contributed by atoms with Crippen molar-refractivity contribution in [1.82, 2.24) is 20.2 Å². The molecule has 1 amide bonds. The first-order chi connectivity index (χ1) is 15.9. The molecule has 1 aromatic heterocycles. The molecule has 11 heteroatoms. The number of nitrogens with zero attached hydrogens (tertiary/aromatic N) is 5. The third-order valence-electron chi connectivity index (χ3n) is 6.31. The van der Waals surface area contributed by atoms with E-state index in [9.17, 15) is 4.79 Å². The number of rotatable bonds is 6. The van der Waals surface area contributed by atoms with Gasteiger partial charge in [-0.3, -0.25) is 4.79 Å². The highest BCUT2D eigenvalue weighted by Gasteiger charge is 2.48. The fraction of sp³-hybridized carbons (Fsp3) is 0.364. The first-order valence-electron chi connectivity index (χ1n) is 10.5. The number of methoxy groups -OCH3 is 2. The lowest BCUT2D eigenvalue weighted by molar-refractivity contribution is -0.929. The van der Waals surface area contributed by atoms with Crippen LogP contribution in [0.3, 0.4) is 0 Å². The summed E-state index contributed by atoms with van der Waals surface area (Å²) in [4.78, 5) is 12.1. The molecule has 11 nitrogen and oxygen atoms in total. The first-order valence-corrected chi connectivity index (χ1v) is 10.5. The Morgan fingerprint density at radius 2 is 2.03 bits per heavy atom. The summed E-state index contributed by atoms with van der Waals surface area (Å²) in [5.41, 5.74) is 8.34. The van der Waals surface area contributed by atoms with Crippen LogP contribution in [-0.4, -0.2) is 71.7 Å². The number of hydrogen-bond donors (Lipinski definition) is 1. The van der Waals surface area contributed by atoms with E-state index in [4.69, 9.17) is 24.7 Å². The Balaban J connectivity index is 1.73. The van der Waals surface area contributed by atoms with Crippen molar-refractivity contribution in [3.05, 3.63) is 47.3 Å². The van der Waals surface area contributed by atoms with Crippen LogP contribution in [0.1, 0.15) is 23.0 Å². The number of nitrogens with two attached hydrogens (primary N) is 1. The van der Waals surface area contributed by atoms with Crippen molar-refractivity contribution in [3.63, 3.8) is 0 Å². The van der Waals surface area contributed by atoms with Gasteiger partial charge in [0.15, 0.2) is 24.1 Å². The molecule has 3 heterocycles. The predicted octanol–water partition coefficient (Wildman–Crippen LogP) is 0.986. The fourth-order valence-electron chi connectivity index (χ4n) is 4.81. The minimum atomic E-state index is -0.442. The summed E-state index contributed by atoms with van der Waals surface area (Å²) >= 11 is 0.